The SMILES string of the molecule is N#C[C@@]1(C2CC2)CCN(c2ccnc(C(=O)NCc3cc(F)cc(-c4cnn(C5CC5)c4)c3)c2)C1=O. The second kappa shape index (κ2) is 8.55. The van der Waals surface area contributed by atoms with Gasteiger partial charge in [0.05, 0.1) is 18.3 Å². The van der Waals surface area contributed by atoms with Crippen LogP contribution in [0.15, 0.2) is 48.9 Å². The molecule has 0 spiro atoms. The van der Waals surface area contributed by atoms with Crippen LogP contribution in [0.1, 0.15) is 54.2 Å². The Morgan fingerprint density at radius 1 is 1.19 bits per heavy atom. The van der Waals surface area contributed by atoms with Crippen LogP contribution in [0, 0.1) is 28.5 Å². The molecule has 9 heteroatoms. The van der Waals surface area contributed by atoms with Crippen LogP contribution in [-0.4, -0.2) is 33.1 Å². The number of carbonyl (C=O) groups excluding carboxylic acids is 2. The Labute approximate surface area is 207 Å². The Kier molecular flexibility index (Phi) is 5.32. The average Bonchev–Trinajstić information content (AvgIpc) is 3.83. The Balaban J connectivity index is 1.15. The second-order valence-corrected chi connectivity index (χ2v) is 9.93. The second-order valence-electron chi connectivity index (χ2n) is 9.93. The molecule has 2 amide bonds. The molecule has 1 saturated heterocycles. The van der Waals surface area contributed by atoms with E-state index in [0.717, 1.165) is 31.2 Å². The number of amides is 2. The number of pyridine rings is 1. The maximum atomic E-state index is 14.3. The summed E-state index contributed by atoms with van der Waals surface area (Å²) in [5.74, 6) is -0.879. The van der Waals surface area contributed by atoms with Crippen molar-refractivity contribution in [3.05, 3.63) is 66.0 Å². The van der Waals surface area contributed by atoms with Crippen LogP contribution in [-0.2, 0) is 11.3 Å². The van der Waals surface area contributed by atoms with E-state index in [9.17, 15) is 19.2 Å². The lowest BCUT2D eigenvalue weighted by atomic mass is 9.83. The standard InChI is InChI=1S/C27H25FN6O2/c28-21-10-17(9-18(11-21)19-14-32-34(15-19)22-3-4-22)13-31-25(35)24-12-23(5-7-30-24)33-8-6-27(16-29,26(33)36)20-1-2-20/h5,7,9-12,14-15,20,22H,1-4,6,8,13H2,(H,31,35)/t27-/m1/s1. The third-order valence-electron chi connectivity index (χ3n) is 7.38. The van der Waals surface area contributed by atoms with Crippen LogP contribution < -0.4 is 10.2 Å². The van der Waals surface area contributed by atoms with Crippen molar-refractivity contribution in [3.63, 3.8) is 0 Å². The van der Waals surface area contributed by atoms with Gasteiger partial charge in [-0.1, -0.05) is 0 Å². The summed E-state index contributed by atoms with van der Waals surface area (Å²) in [4.78, 5) is 31.7. The molecule has 3 heterocycles. The highest BCUT2D eigenvalue weighted by atomic mass is 19.1. The lowest BCUT2D eigenvalue weighted by Gasteiger charge is -2.21. The number of nitrogens with one attached hydrogen (secondary N) is 1. The molecule has 2 aromatic heterocycles. The van der Waals surface area contributed by atoms with E-state index in [1.807, 2.05) is 16.9 Å². The zero-order valence-electron chi connectivity index (χ0n) is 19.7. The van der Waals surface area contributed by atoms with E-state index in [1.165, 1.54) is 18.3 Å². The van der Waals surface area contributed by atoms with Crippen LogP contribution in [0.25, 0.3) is 11.1 Å². The molecular formula is C27H25FN6O2. The monoisotopic (exact) mass is 484 g/mol. The molecule has 3 aromatic rings. The fourth-order valence-electron chi connectivity index (χ4n) is 5.06. The molecule has 3 aliphatic rings. The third-order valence-corrected chi connectivity index (χ3v) is 7.38. The molecule has 36 heavy (non-hydrogen) atoms. The van der Waals surface area contributed by atoms with Crippen molar-refractivity contribution in [1.82, 2.24) is 20.1 Å². The van der Waals surface area contributed by atoms with Crippen molar-refractivity contribution in [2.45, 2.75) is 44.7 Å². The minimum absolute atomic E-state index is 0.119. The summed E-state index contributed by atoms with van der Waals surface area (Å²) in [7, 11) is 0. The molecule has 2 saturated carbocycles. The van der Waals surface area contributed by atoms with E-state index in [1.54, 1.807) is 23.2 Å². The molecule has 0 radical (unpaired) electrons. The molecule has 182 valence electrons. The number of hydrogen-bond acceptors (Lipinski definition) is 5. The summed E-state index contributed by atoms with van der Waals surface area (Å²) in [6.45, 7) is 0.561. The zero-order chi connectivity index (χ0) is 24.9. The van der Waals surface area contributed by atoms with Gasteiger partial charge in [-0.25, -0.2) is 4.39 Å². The number of benzene rings is 1. The number of anilines is 1. The maximum Gasteiger partial charge on any atom is 0.270 e. The largest absolute Gasteiger partial charge is 0.347 e. The van der Waals surface area contributed by atoms with Crippen molar-refractivity contribution >= 4 is 17.5 Å². The van der Waals surface area contributed by atoms with Gasteiger partial charge in [0.15, 0.2) is 0 Å². The van der Waals surface area contributed by atoms with Crippen LogP contribution in [0.2, 0.25) is 0 Å². The number of nitrogens with zero attached hydrogens (tertiary/aromatic N) is 5. The van der Waals surface area contributed by atoms with Crippen molar-refractivity contribution in [3.8, 4) is 17.2 Å². The highest BCUT2D eigenvalue weighted by molar-refractivity contribution is 6.03. The van der Waals surface area contributed by atoms with E-state index in [2.05, 4.69) is 21.5 Å². The summed E-state index contributed by atoms with van der Waals surface area (Å²) in [6.07, 6.45) is 9.68. The average molecular weight is 485 g/mol. The first-order valence-corrected chi connectivity index (χ1v) is 12.3. The maximum absolute atomic E-state index is 14.3. The quantitative estimate of drug-likeness (QED) is 0.546. The highest BCUT2D eigenvalue weighted by Crippen LogP contribution is 2.51. The minimum Gasteiger partial charge on any atom is -0.347 e. The van der Waals surface area contributed by atoms with Gasteiger partial charge in [0.25, 0.3) is 5.91 Å². The lowest BCUT2D eigenvalue weighted by Crippen LogP contribution is -2.35. The predicted octanol–water partition coefficient (Wildman–Crippen LogP) is 4.01. The van der Waals surface area contributed by atoms with Gasteiger partial charge in [-0.2, -0.15) is 10.4 Å². The molecule has 1 aromatic carbocycles. The summed E-state index contributed by atoms with van der Waals surface area (Å²) in [6, 6.07) is 10.6. The number of halogens is 1. The van der Waals surface area contributed by atoms with Gasteiger partial charge in [0.2, 0.25) is 5.91 Å². The van der Waals surface area contributed by atoms with Crippen LogP contribution in [0.4, 0.5) is 10.1 Å². The van der Waals surface area contributed by atoms with Crippen molar-refractivity contribution in [1.29, 1.82) is 5.26 Å². The fourth-order valence-corrected chi connectivity index (χ4v) is 5.06. The summed E-state index contributed by atoms with van der Waals surface area (Å²) < 4.78 is 16.3. The number of carbonyl (C=O) groups is 2. The van der Waals surface area contributed by atoms with Crippen molar-refractivity contribution in [2.75, 3.05) is 11.4 Å². The first-order valence-electron chi connectivity index (χ1n) is 12.3. The summed E-state index contributed by atoms with van der Waals surface area (Å²) in [5, 5.41) is 16.9. The molecule has 1 aliphatic heterocycles. The van der Waals surface area contributed by atoms with E-state index in [4.69, 9.17) is 0 Å². The van der Waals surface area contributed by atoms with Gasteiger partial charge in [0, 0.05) is 36.7 Å². The van der Waals surface area contributed by atoms with Gasteiger partial charge >= 0.3 is 0 Å². The van der Waals surface area contributed by atoms with Gasteiger partial charge in [-0.05, 0) is 79.5 Å². The topological polar surface area (TPSA) is 104 Å². The van der Waals surface area contributed by atoms with Gasteiger partial charge in [0.1, 0.15) is 16.9 Å². The number of rotatable bonds is 7. The molecule has 1 atom stereocenters. The molecular weight excluding hydrogens is 459 g/mol. The number of hydrogen-bond donors (Lipinski definition) is 1. The zero-order valence-corrected chi connectivity index (χ0v) is 19.7. The summed E-state index contributed by atoms with van der Waals surface area (Å²) >= 11 is 0. The smallest absolute Gasteiger partial charge is 0.270 e. The molecule has 3 fully saturated rings. The van der Waals surface area contributed by atoms with Crippen molar-refractivity contribution < 1.29 is 14.0 Å². The minimum atomic E-state index is -0.948. The van der Waals surface area contributed by atoms with E-state index in [-0.39, 0.29) is 29.9 Å². The lowest BCUT2D eigenvalue weighted by molar-refractivity contribution is -0.123. The predicted molar refractivity (Wildman–Crippen MR) is 129 cm³/mol. The third kappa shape index (κ3) is 4.02. The number of aromatic nitrogens is 3. The molecule has 2 aliphatic carbocycles. The van der Waals surface area contributed by atoms with Gasteiger partial charge in [-0.3, -0.25) is 19.3 Å². The van der Waals surface area contributed by atoms with E-state index >= 15 is 0 Å². The van der Waals surface area contributed by atoms with Crippen molar-refractivity contribution in [2.24, 2.45) is 11.3 Å². The van der Waals surface area contributed by atoms with Crippen LogP contribution in [0.5, 0.6) is 0 Å². The fraction of sp³-hybridized carbons (Fsp3) is 0.370. The van der Waals surface area contributed by atoms with E-state index in [0.29, 0.717) is 35.8 Å². The number of nitriles is 1. The van der Waals surface area contributed by atoms with Gasteiger partial charge in [-0.15, -0.1) is 0 Å². The highest BCUT2D eigenvalue weighted by Gasteiger charge is 2.56. The van der Waals surface area contributed by atoms with Gasteiger partial charge < -0.3 is 10.2 Å². The molecule has 0 unspecified atom stereocenters. The Bertz CT molecular complexity index is 1400. The molecule has 0 bridgehead atoms. The Morgan fingerprint density at radius 2 is 2.03 bits per heavy atom. The first-order chi connectivity index (χ1) is 17.5. The molecule has 8 nitrogen and oxygen atoms in total. The Hall–Kier alpha value is -4.06. The van der Waals surface area contributed by atoms with Crippen LogP contribution >= 0.6 is 0 Å². The first kappa shape index (κ1) is 22.4. The molecule has 1 N–H and O–H groups in total. The summed E-state index contributed by atoms with van der Waals surface area (Å²) in [5.41, 5.74) is 1.91. The van der Waals surface area contributed by atoms with Crippen LogP contribution in [0.3, 0.4) is 0 Å². The van der Waals surface area contributed by atoms with E-state index < -0.39 is 11.3 Å². The molecule has 6 rings (SSSR count). The normalized spacial score (nSPS) is 21.4. The Morgan fingerprint density at radius 3 is 2.78 bits per heavy atom.